The predicted octanol–water partition coefficient (Wildman–Crippen LogP) is 4.77. The zero-order chi connectivity index (χ0) is 22.3. The van der Waals surface area contributed by atoms with Crippen molar-refractivity contribution in [2.75, 3.05) is 23.7 Å². The van der Waals surface area contributed by atoms with E-state index in [9.17, 15) is 9.59 Å². The minimum absolute atomic E-state index is 0.0310. The van der Waals surface area contributed by atoms with Gasteiger partial charge in [0.1, 0.15) is 0 Å². The maximum absolute atomic E-state index is 13.0. The van der Waals surface area contributed by atoms with Crippen molar-refractivity contribution >= 4 is 29.4 Å². The average Bonchev–Trinajstić information content (AvgIpc) is 3.11. The van der Waals surface area contributed by atoms with Crippen molar-refractivity contribution in [2.24, 2.45) is 10.9 Å². The van der Waals surface area contributed by atoms with Gasteiger partial charge in [-0.1, -0.05) is 35.9 Å². The Morgan fingerprint density at radius 1 is 1.00 bits per heavy atom. The highest BCUT2D eigenvalue weighted by molar-refractivity contribution is 6.10. The summed E-state index contributed by atoms with van der Waals surface area (Å²) in [6.07, 6.45) is 10.1. The number of rotatable bonds is 5. The molecule has 6 heteroatoms. The summed E-state index contributed by atoms with van der Waals surface area (Å²) < 4.78 is 0. The van der Waals surface area contributed by atoms with Crippen LogP contribution in [0.25, 0.3) is 0 Å². The van der Waals surface area contributed by atoms with Crippen molar-refractivity contribution < 1.29 is 9.59 Å². The van der Waals surface area contributed by atoms with Gasteiger partial charge in [0.25, 0.3) is 5.91 Å². The number of allylic oxidation sites excluding steroid dienone is 2. The normalized spacial score (nSPS) is 16.3. The van der Waals surface area contributed by atoms with Crippen LogP contribution in [0.1, 0.15) is 35.2 Å². The van der Waals surface area contributed by atoms with Crippen LogP contribution in [0.3, 0.4) is 0 Å². The van der Waals surface area contributed by atoms with Crippen LogP contribution in [0.5, 0.6) is 0 Å². The van der Waals surface area contributed by atoms with E-state index in [0.29, 0.717) is 11.3 Å². The minimum Gasteiger partial charge on any atom is -0.374 e. The third-order valence-corrected chi connectivity index (χ3v) is 5.88. The Morgan fingerprint density at radius 3 is 2.53 bits per heavy atom. The van der Waals surface area contributed by atoms with Crippen LogP contribution in [0, 0.1) is 12.8 Å². The number of hydrogen-bond donors (Lipinski definition) is 2. The Labute approximate surface area is 188 Å². The molecule has 0 bridgehead atoms. The summed E-state index contributed by atoms with van der Waals surface area (Å²) in [6, 6.07) is 14.8. The fourth-order valence-electron chi connectivity index (χ4n) is 4.00. The maximum Gasteiger partial charge on any atom is 0.257 e. The molecule has 2 aromatic rings. The van der Waals surface area contributed by atoms with Crippen LogP contribution in [0.4, 0.5) is 11.4 Å². The summed E-state index contributed by atoms with van der Waals surface area (Å²) in [4.78, 5) is 32.3. The molecule has 0 atom stereocenters. The molecule has 0 aromatic heterocycles. The van der Waals surface area contributed by atoms with Crippen molar-refractivity contribution in [3.8, 4) is 0 Å². The number of anilines is 2. The monoisotopic (exact) mass is 428 g/mol. The van der Waals surface area contributed by atoms with Crippen molar-refractivity contribution in [3.05, 3.63) is 83.7 Å². The second-order valence-electron chi connectivity index (χ2n) is 8.16. The summed E-state index contributed by atoms with van der Waals surface area (Å²) in [5, 5.41) is 5.90. The van der Waals surface area contributed by atoms with Gasteiger partial charge in [0, 0.05) is 49.2 Å². The van der Waals surface area contributed by atoms with Crippen molar-refractivity contribution in [2.45, 2.75) is 26.2 Å². The lowest BCUT2D eigenvalue weighted by Crippen LogP contribution is -2.37. The van der Waals surface area contributed by atoms with Crippen LogP contribution < -0.4 is 10.6 Å². The number of aryl methyl sites for hydroxylation is 1. The number of para-hydroxylation sites is 1. The van der Waals surface area contributed by atoms with Gasteiger partial charge in [-0.15, -0.1) is 0 Å². The number of piperidine rings is 1. The predicted molar refractivity (Wildman–Crippen MR) is 129 cm³/mol. The molecule has 32 heavy (non-hydrogen) atoms. The summed E-state index contributed by atoms with van der Waals surface area (Å²) in [6.45, 7) is 3.67. The van der Waals surface area contributed by atoms with Crippen molar-refractivity contribution in [1.82, 2.24) is 4.90 Å². The molecule has 0 radical (unpaired) electrons. The molecule has 2 aliphatic rings. The highest BCUT2D eigenvalue weighted by atomic mass is 16.2. The summed E-state index contributed by atoms with van der Waals surface area (Å²) in [7, 11) is 0. The van der Waals surface area contributed by atoms with Crippen LogP contribution >= 0.6 is 0 Å². The Bertz CT molecular complexity index is 1060. The van der Waals surface area contributed by atoms with E-state index in [0.717, 1.165) is 43.6 Å². The van der Waals surface area contributed by atoms with E-state index in [1.807, 2.05) is 61.8 Å². The molecule has 2 aliphatic heterocycles. The highest BCUT2D eigenvalue weighted by Crippen LogP contribution is 2.25. The average molecular weight is 429 g/mol. The van der Waals surface area contributed by atoms with Gasteiger partial charge in [-0.25, -0.2) is 0 Å². The molecule has 0 unspecified atom stereocenters. The molecule has 0 saturated carbocycles. The topological polar surface area (TPSA) is 73.8 Å². The first-order valence-corrected chi connectivity index (χ1v) is 11.0. The van der Waals surface area contributed by atoms with E-state index in [1.165, 1.54) is 5.70 Å². The third-order valence-electron chi connectivity index (χ3n) is 5.88. The molecule has 6 nitrogen and oxygen atoms in total. The quantitative estimate of drug-likeness (QED) is 0.720. The van der Waals surface area contributed by atoms with Gasteiger partial charge in [0.2, 0.25) is 5.91 Å². The number of likely N-dealkylation sites (tertiary alicyclic amines) is 1. The zero-order valence-electron chi connectivity index (χ0n) is 18.3. The second-order valence-corrected chi connectivity index (χ2v) is 8.16. The Balaban J connectivity index is 1.37. The maximum atomic E-state index is 13.0. The van der Waals surface area contributed by atoms with Gasteiger partial charge in [-0.2, -0.15) is 0 Å². The Morgan fingerprint density at radius 2 is 1.75 bits per heavy atom. The fraction of sp³-hybridized carbons (Fsp3) is 0.269. The molecule has 0 aliphatic carbocycles. The van der Waals surface area contributed by atoms with Crippen LogP contribution in [-0.4, -0.2) is 36.0 Å². The number of benzene rings is 2. The third kappa shape index (κ3) is 5.32. The largest absolute Gasteiger partial charge is 0.374 e. The number of hydrogen-bond acceptors (Lipinski definition) is 4. The number of nitrogens with one attached hydrogen (secondary N) is 2. The van der Waals surface area contributed by atoms with E-state index < -0.39 is 0 Å². The van der Waals surface area contributed by atoms with E-state index in [-0.39, 0.29) is 17.7 Å². The molecule has 2 aromatic carbocycles. The first kappa shape index (κ1) is 21.6. The highest BCUT2D eigenvalue weighted by Gasteiger charge is 2.26. The van der Waals surface area contributed by atoms with Gasteiger partial charge in [-0.3, -0.25) is 14.6 Å². The smallest absolute Gasteiger partial charge is 0.257 e. The molecular formula is C26H28N4O2. The summed E-state index contributed by atoms with van der Waals surface area (Å²) >= 11 is 0. The van der Waals surface area contributed by atoms with Gasteiger partial charge < -0.3 is 15.5 Å². The molecular weight excluding hydrogens is 400 g/mol. The lowest BCUT2D eigenvalue weighted by atomic mass is 9.95. The first-order chi connectivity index (χ1) is 15.6. The molecule has 0 spiro atoms. The number of nitrogens with zero attached hydrogens (tertiary/aromatic N) is 2. The molecule has 4 rings (SSSR count). The van der Waals surface area contributed by atoms with Crippen LogP contribution in [0.15, 0.2) is 77.6 Å². The Hall–Kier alpha value is -3.67. The van der Waals surface area contributed by atoms with E-state index >= 15 is 0 Å². The van der Waals surface area contributed by atoms with Crippen LogP contribution in [-0.2, 0) is 4.79 Å². The number of aliphatic imine (C=N–C) groups is 1. The number of carbonyl (C=O) groups is 2. The standard InChI is InChI=1S/C26H28N4O2/c1-19-8-10-21(11-9-19)28-26(32)23-6-2-3-7-24(23)29-25(31)20-13-17-30(18-14-20)22-5-4-15-27-16-12-22/h2-4,6-12,15-16,20H,5,13-14,17-18H2,1H3,(H,28,32)(H,29,31). The molecule has 2 N–H and O–H groups in total. The van der Waals surface area contributed by atoms with E-state index in [2.05, 4.69) is 20.5 Å². The molecule has 164 valence electrons. The van der Waals surface area contributed by atoms with Gasteiger partial charge >= 0.3 is 0 Å². The summed E-state index contributed by atoms with van der Waals surface area (Å²) in [5.74, 6) is -0.346. The van der Waals surface area contributed by atoms with Gasteiger partial charge in [0.05, 0.1) is 11.3 Å². The van der Waals surface area contributed by atoms with Crippen LogP contribution in [0.2, 0.25) is 0 Å². The molecule has 1 fully saturated rings. The first-order valence-electron chi connectivity index (χ1n) is 11.0. The zero-order valence-corrected chi connectivity index (χ0v) is 18.3. The Kier molecular flexibility index (Phi) is 6.80. The lowest BCUT2D eigenvalue weighted by molar-refractivity contribution is -0.121. The summed E-state index contributed by atoms with van der Waals surface area (Å²) in [5.41, 5.74) is 4.08. The fourth-order valence-corrected chi connectivity index (χ4v) is 4.00. The SMILES string of the molecule is Cc1ccc(NC(=O)c2ccccc2NC(=O)C2CCN(C3=CC=NC=CC3)CC2)cc1. The second kappa shape index (κ2) is 10.1. The molecule has 2 heterocycles. The molecule has 1 saturated heterocycles. The van der Waals surface area contributed by atoms with E-state index in [1.54, 1.807) is 18.2 Å². The number of carbonyl (C=O) groups excluding carboxylic acids is 2. The van der Waals surface area contributed by atoms with Gasteiger partial charge in [0.15, 0.2) is 0 Å². The van der Waals surface area contributed by atoms with Crippen molar-refractivity contribution in [1.29, 1.82) is 0 Å². The van der Waals surface area contributed by atoms with E-state index in [4.69, 9.17) is 0 Å². The minimum atomic E-state index is -0.241. The molecule has 2 amide bonds. The van der Waals surface area contributed by atoms with Gasteiger partial charge in [-0.05, 0) is 50.1 Å². The lowest BCUT2D eigenvalue weighted by Gasteiger charge is -2.34. The van der Waals surface area contributed by atoms with Crippen molar-refractivity contribution in [3.63, 3.8) is 0 Å². The number of amides is 2.